The molecule has 19 heavy (non-hydrogen) atoms. The van der Waals surface area contributed by atoms with E-state index >= 15 is 0 Å². The maximum Gasteiger partial charge on any atom is 0.324 e. The lowest BCUT2D eigenvalue weighted by molar-refractivity contribution is -0.154. The second kappa shape index (κ2) is 8.17. The van der Waals surface area contributed by atoms with Gasteiger partial charge in [-0.2, -0.15) is 0 Å². The zero-order valence-electron chi connectivity index (χ0n) is 11.1. The van der Waals surface area contributed by atoms with Crippen molar-refractivity contribution >= 4 is 33.3 Å². The first-order valence-corrected chi connectivity index (χ1v) is 9.47. The number of hydroxylamine groups is 1. The summed E-state index contributed by atoms with van der Waals surface area (Å²) in [5.74, 6) is 3.24. The molecule has 0 amide bonds. The minimum atomic E-state index is -0.267. The molecule has 6 heteroatoms. The van der Waals surface area contributed by atoms with Gasteiger partial charge in [0.2, 0.25) is 0 Å². The highest BCUT2D eigenvalue weighted by atomic mass is 33.1. The summed E-state index contributed by atoms with van der Waals surface area (Å²) in [7, 11) is 3.90. The summed E-state index contributed by atoms with van der Waals surface area (Å²) < 4.78 is 0. The number of carbonyl (C=O) groups excluding carboxylic acids is 2. The summed E-state index contributed by atoms with van der Waals surface area (Å²) >= 11 is 0. The van der Waals surface area contributed by atoms with Crippen LogP contribution in [0.15, 0.2) is 0 Å². The lowest BCUT2D eigenvalue weighted by Gasteiger charge is -2.10. The quantitative estimate of drug-likeness (QED) is 0.443. The number of ketones is 1. The molecule has 1 aliphatic heterocycles. The Bertz CT molecular complexity index is 319. The van der Waals surface area contributed by atoms with Gasteiger partial charge in [0.1, 0.15) is 6.04 Å². The second-order valence-electron chi connectivity index (χ2n) is 5.18. The van der Waals surface area contributed by atoms with Gasteiger partial charge in [0, 0.05) is 24.3 Å². The number of hydrogen-bond acceptors (Lipinski definition) is 6. The molecular formula is C13H21NO3S2. The van der Waals surface area contributed by atoms with Crippen molar-refractivity contribution in [2.75, 3.05) is 11.5 Å². The summed E-state index contributed by atoms with van der Waals surface area (Å²) in [4.78, 5) is 27.8. The van der Waals surface area contributed by atoms with E-state index < -0.39 is 0 Å². The van der Waals surface area contributed by atoms with Crippen molar-refractivity contribution in [1.82, 2.24) is 5.48 Å². The Balaban J connectivity index is 1.48. The van der Waals surface area contributed by atoms with Crippen LogP contribution in [0.1, 0.15) is 44.9 Å². The van der Waals surface area contributed by atoms with Crippen molar-refractivity contribution in [2.45, 2.75) is 51.0 Å². The van der Waals surface area contributed by atoms with Crippen molar-refractivity contribution in [2.24, 2.45) is 5.92 Å². The van der Waals surface area contributed by atoms with Gasteiger partial charge in [-0.3, -0.25) is 9.59 Å². The number of rotatable bonds is 7. The normalized spacial score (nSPS) is 24.0. The Hall–Kier alpha value is -0.200. The fraction of sp³-hybridized carbons (Fsp3) is 0.846. The number of hydrogen-bond donors (Lipinski definition) is 1. The number of nitrogens with one attached hydrogen (secondary N) is 1. The summed E-state index contributed by atoms with van der Waals surface area (Å²) in [6.45, 7) is 0. The first-order chi connectivity index (χ1) is 9.25. The highest BCUT2D eigenvalue weighted by molar-refractivity contribution is 8.77. The Morgan fingerprint density at radius 3 is 2.79 bits per heavy atom. The molecule has 0 bridgehead atoms. The van der Waals surface area contributed by atoms with Crippen LogP contribution in [0.5, 0.6) is 0 Å². The zero-order valence-corrected chi connectivity index (χ0v) is 12.7. The Kier molecular flexibility index (Phi) is 6.53. The van der Waals surface area contributed by atoms with Gasteiger partial charge >= 0.3 is 5.97 Å². The third kappa shape index (κ3) is 5.36. The second-order valence-corrected chi connectivity index (χ2v) is 7.74. The molecule has 1 unspecified atom stereocenters. The molecule has 1 atom stereocenters. The third-order valence-electron chi connectivity index (χ3n) is 3.55. The molecule has 1 saturated carbocycles. The number of carbonyl (C=O) groups is 2. The Morgan fingerprint density at radius 2 is 2.11 bits per heavy atom. The SMILES string of the molecule is O=C(CCCCC1CSSC1)ONC1CCCC1=O. The topological polar surface area (TPSA) is 55.4 Å². The predicted octanol–water partition coefficient (Wildman–Crippen LogP) is 2.73. The molecule has 4 nitrogen and oxygen atoms in total. The fourth-order valence-electron chi connectivity index (χ4n) is 2.33. The van der Waals surface area contributed by atoms with E-state index in [0.29, 0.717) is 12.8 Å². The van der Waals surface area contributed by atoms with Gasteiger partial charge in [-0.25, -0.2) is 0 Å². The molecular weight excluding hydrogens is 282 g/mol. The van der Waals surface area contributed by atoms with E-state index in [4.69, 9.17) is 4.84 Å². The van der Waals surface area contributed by atoms with Crippen LogP contribution in [0.2, 0.25) is 0 Å². The van der Waals surface area contributed by atoms with Crippen LogP contribution in [0.25, 0.3) is 0 Å². The molecule has 2 rings (SSSR count). The van der Waals surface area contributed by atoms with Crippen LogP contribution >= 0.6 is 21.6 Å². The maximum absolute atomic E-state index is 11.5. The van der Waals surface area contributed by atoms with E-state index in [-0.39, 0.29) is 17.8 Å². The summed E-state index contributed by atoms with van der Waals surface area (Å²) in [6, 6.07) is -0.267. The molecule has 108 valence electrons. The van der Waals surface area contributed by atoms with Crippen molar-refractivity contribution in [3.8, 4) is 0 Å². The minimum absolute atomic E-state index is 0.157. The molecule has 1 saturated heterocycles. The first kappa shape index (κ1) is 15.2. The molecule has 0 radical (unpaired) electrons. The molecule has 2 aliphatic rings. The zero-order chi connectivity index (χ0) is 13.5. The smallest absolute Gasteiger partial charge is 0.324 e. The predicted molar refractivity (Wildman–Crippen MR) is 78.7 cm³/mol. The van der Waals surface area contributed by atoms with Gasteiger partial charge in [0.25, 0.3) is 0 Å². The van der Waals surface area contributed by atoms with E-state index in [0.717, 1.165) is 31.6 Å². The van der Waals surface area contributed by atoms with Gasteiger partial charge in [-0.15, -0.1) is 5.48 Å². The van der Waals surface area contributed by atoms with Crippen LogP contribution in [-0.2, 0) is 14.4 Å². The standard InChI is InChI=1S/C13H21NO3S2/c15-12-6-3-5-11(12)14-17-13(16)7-2-1-4-10-8-18-19-9-10/h10-11,14H,1-9H2. The van der Waals surface area contributed by atoms with Crippen LogP contribution in [0.3, 0.4) is 0 Å². The first-order valence-electron chi connectivity index (χ1n) is 6.98. The summed E-state index contributed by atoms with van der Waals surface area (Å²) in [5.41, 5.74) is 2.61. The monoisotopic (exact) mass is 303 g/mol. The van der Waals surface area contributed by atoms with Gasteiger partial charge in [-0.1, -0.05) is 28.0 Å². The number of Topliss-reactive ketones (excluding diaryl/α,β-unsaturated/α-hetero) is 1. The lowest BCUT2D eigenvalue weighted by Crippen LogP contribution is -2.34. The molecule has 0 aromatic carbocycles. The fourth-order valence-corrected chi connectivity index (χ4v) is 5.36. The molecule has 1 heterocycles. The van der Waals surface area contributed by atoms with E-state index in [2.05, 4.69) is 5.48 Å². The summed E-state index contributed by atoms with van der Waals surface area (Å²) in [5, 5.41) is 0. The van der Waals surface area contributed by atoms with E-state index in [1.165, 1.54) is 17.9 Å². The number of unbranched alkanes of at least 4 members (excludes halogenated alkanes) is 1. The maximum atomic E-state index is 11.5. The highest BCUT2D eigenvalue weighted by Crippen LogP contribution is 2.36. The van der Waals surface area contributed by atoms with Crippen LogP contribution < -0.4 is 5.48 Å². The van der Waals surface area contributed by atoms with E-state index in [1.807, 2.05) is 21.6 Å². The molecule has 1 aliphatic carbocycles. The lowest BCUT2D eigenvalue weighted by atomic mass is 10.1. The van der Waals surface area contributed by atoms with Gasteiger partial charge in [0.05, 0.1) is 0 Å². The van der Waals surface area contributed by atoms with E-state index in [1.54, 1.807) is 0 Å². The third-order valence-corrected chi connectivity index (χ3v) is 6.25. The van der Waals surface area contributed by atoms with Crippen molar-refractivity contribution < 1.29 is 14.4 Å². The van der Waals surface area contributed by atoms with Crippen LogP contribution in [-0.4, -0.2) is 29.3 Å². The van der Waals surface area contributed by atoms with Crippen molar-refractivity contribution in [3.63, 3.8) is 0 Å². The molecule has 2 fully saturated rings. The van der Waals surface area contributed by atoms with Crippen LogP contribution in [0, 0.1) is 5.92 Å². The van der Waals surface area contributed by atoms with Gasteiger partial charge < -0.3 is 4.84 Å². The minimum Gasteiger partial charge on any atom is -0.370 e. The average Bonchev–Trinajstić information content (AvgIpc) is 3.04. The van der Waals surface area contributed by atoms with Crippen molar-refractivity contribution in [1.29, 1.82) is 0 Å². The average molecular weight is 303 g/mol. The van der Waals surface area contributed by atoms with Gasteiger partial charge in [-0.05, 0) is 31.6 Å². The summed E-state index contributed by atoms with van der Waals surface area (Å²) in [6.07, 6.45) is 5.90. The molecule has 1 N–H and O–H groups in total. The Morgan fingerprint density at radius 1 is 1.32 bits per heavy atom. The molecule has 0 spiro atoms. The largest absolute Gasteiger partial charge is 0.370 e. The van der Waals surface area contributed by atoms with Gasteiger partial charge in [0.15, 0.2) is 5.78 Å². The molecule has 0 aromatic heterocycles. The highest BCUT2D eigenvalue weighted by Gasteiger charge is 2.25. The Labute approximate surface area is 122 Å². The van der Waals surface area contributed by atoms with Crippen molar-refractivity contribution in [3.05, 3.63) is 0 Å². The van der Waals surface area contributed by atoms with E-state index in [9.17, 15) is 9.59 Å². The molecule has 0 aromatic rings. The van der Waals surface area contributed by atoms with Crippen LogP contribution in [0.4, 0.5) is 0 Å².